The zero-order valence-corrected chi connectivity index (χ0v) is 11.3. The second-order valence-electron chi connectivity index (χ2n) is 5.58. The van der Waals surface area contributed by atoms with E-state index in [1.807, 2.05) is 20.8 Å². The predicted octanol–water partition coefficient (Wildman–Crippen LogP) is 1.36. The molecule has 0 aliphatic carbocycles. The number of carbonyl (C=O) groups excluding carboxylic acids is 1. The van der Waals surface area contributed by atoms with Crippen molar-refractivity contribution in [2.75, 3.05) is 26.8 Å². The molecule has 0 saturated carbocycles. The van der Waals surface area contributed by atoms with Crippen LogP contribution in [-0.4, -0.2) is 48.9 Å². The molecule has 1 aliphatic rings. The summed E-state index contributed by atoms with van der Waals surface area (Å²) in [5.41, 5.74) is 5.04. The number of ether oxygens (including phenoxy) is 2. The normalized spacial score (nSPS) is 19.8. The van der Waals surface area contributed by atoms with Crippen molar-refractivity contribution >= 4 is 6.09 Å². The number of likely N-dealkylation sites (N-methyl/N-ethyl adjacent to an activating group) is 1. The molecule has 17 heavy (non-hydrogen) atoms. The number of nitrogens with zero attached hydrogens (tertiary/aromatic N) is 1. The van der Waals surface area contributed by atoms with Crippen LogP contribution in [0.2, 0.25) is 0 Å². The molecule has 1 saturated heterocycles. The molecule has 1 heterocycles. The van der Waals surface area contributed by atoms with Gasteiger partial charge in [-0.2, -0.15) is 0 Å². The van der Waals surface area contributed by atoms with Crippen LogP contribution in [-0.2, 0) is 9.47 Å². The maximum Gasteiger partial charge on any atom is 0.410 e. The first kappa shape index (κ1) is 14.3. The van der Waals surface area contributed by atoms with Gasteiger partial charge in [0.1, 0.15) is 5.60 Å². The van der Waals surface area contributed by atoms with Gasteiger partial charge in [0, 0.05) is 26.8 Å². The molecule has 0 bridgehead atoms. The Kier molecular flexibility index (Phi) is 4.38. The van der Waals surface area contributed by atoms with Gasteiger partial charge in [0.2, 0.25) is 0 Å². The first-order chi connectivity index (χ1) is 7.81. The van der Waals surface area contributed by atoms with Gasteiger partial charge in [0.25, 0.3) is 0 Å². The summed E-state index contributed by atoms with van der Waals surface area (Å²) in [4.78, 5) is 13.7. The summed E-state index contributed by atoms with van der Waals surface area (Å²) in [5.74, 6) is 0. The standard InChI is InChI=1S/C12H24N2O3/c1-11(2,3)17-10(15)14(4)12(9-13)5-7-16-8-6-12/h5-9,13H2,1-4H3. The predicted molar refractivity (Wildman–Crippen MR) is 65.8 cm³/mol. The third-order valence-corrected chi connectivity index (χ3v) is 3.18. The molecular formula is C12H24N2O3. The Balaban J connectivity index is 2.71. The van der Waals surface area contributed by atoms with Crippen LogP contribution in [0.15, 0.2) is 0 Å². The van der Waals surface area contributed by atoms with Gasteiger partial charge >= 0.3 is 6.09 Å². The monoisotopic (exact) mass is 244 g/mol. The van der Waals surface area contributed by atoms with E-state index in [0.717, 1.165) is 12.8 Å². The zero-order chi connectivity index (χ0) is 13.1. The molecule has 1 amide bonds. The molecule has 0 aromatic rings. The molecule has 1 rings (SSSR count). The molecule has 100 valence electrons. The van der Waals surface area contributed by atoms with E-state index in [-0.39, 0.29) is 11.6 Å². The molecule has 1 aliphatic heterocycles. The van der Waals surface area contributed by atoms with Crippen LogP contribution in [0, 0.1) is 0 Å². The van der Waals surface area contributed by atoms with Crippen LogP contribution in [0.5, 0.6) is 0 Å². The summed E-state index contributed by atoms with van der Waals surface area (Å²) in [5, 5.41) is 0. The van der Waals surface area contributed by atoms with Crippen molar-refractivity contribution in [3.05, 3.63) is 0 Å². The maximum atomic E-state index is 12.0. The second kappa shape index (κ2) is 5.23. The molecule has 0 spiro atoms. The van der Waals surface area contributed by atoms with Crippen molar-refractivity contribution < 1.29 is 14.3 Å². The summed E-state index contributed by atoms with van der Waals surface area (Å²) in [6.45, 7) is 7.30. The van der Waals surface area contributed by atoms with E-state index in [2.05, 4.69) is 0 Å². The average molecular weight is 244 g/mol. The van der Waals surface area contributed by atoms with Crippen molar-refractivity contribution in [1.82, 2.24) is 4.90 Å². The van der Waals surface area contributed by atoms with E-state index in [0.29, 0.717) is 19.8 Å². The Morgan fingerprint density at radius 3 is 2.35 bits per heavy atom. The molecular weight excluding hydrogens is 220 g/mol. The summed E-state index contributed by atoms with van der Waals surface area (Å²) >= 11 is 0. The molecule has 0 aromatic carbocycles. The van der Waals surface area contributed by atoms with Crippen LogP contribution >= 0.6 is 0 Å². The quantitative estimate of drug-likeness (QED) is 0.796. The minimum atomic E-state index is -0.480. The zero-order valence-electron chi connectivity index (χ0n) is 11.3. The number of hydrogen-bond donors (Lipinski definition) is 1. The Morgan fingerprint density at radius 2 is 1.94 bits per heavy atom. The highest BCUT2D eigenvalue weighted by molar-refractivity contribution is 5.69. The third-order valence-electron chi connectivity index (χ3n) is 3.18. The summed E-state index contributed by atoms with van der Waals surface area (Å²) in [6.07, 6.45) is 1.21. The van der Waals surface area contributed by atoms with Crippen molar-refractivity contribution in [3.63, 3.8) is 0 Å². The van der Waals surface area contributed by atoms with Crippen LogP contribution in [0.25, 0.3) is 0 Å². The Bertz CT molecular complexity index is 267. The maximum absolute atomic E-state index is 12.0. The number of amides is 1. The Morgan fingerprint density at radius 1 is 1.41 bits per heavy atom. The average Bonchev–Trinajstić information content (AvgIpc) is 2.26. The molecule has 5 nitrogen and oxygen atoms in total. The van der Waals surface area contributed by atoms with E-state index in [1.165, 1.54) is 0 Å². The molecule has 0 atom stereocenters. The van der Waals surface area contributed by atoms with Crippen molar-refractivity contribution in [2.45, 2.75) is 44.8 Å². The smallest absolute Gasteiger partial charge is 0.410 e. The van der Waals surface area contributed by atoms with Gasteiger partial charge in [-0.25, -0.2) is 4.79 Å². The van der Waals surface area contributed by atoms with E-state index in [9.17, 15) is 4.79 Å². The third kappa shape index (κ3) is 3.57. The van der Waals surface area contributed by atoms with Gasteiger partial charge in [0.05, 0.1) is 5.54 Å². The molecule has 0 radical (unpaired) electrons. The minimum absolute atomic E-state index is 0.315. The SMILES string of the molecule is CN(C(=O)OC(C)(C)C)C1(CN)CCOCC1. The topological polar surface area (TPSA) is 64.8 Å². The van der Waals surface area contributed by atoms with Crippen LogP contribution in [0.4, 0.5) is 4.79 Å². The summed E-state index contributed by atoms with van der Waals surface area (Å²) in [7, 11) is 1.76. The van der Waals surface area contributed by atoms with Gasteiger partial charge in [0.15, 0.2) is 0 Å². The van der Waals surface area contributed by atoms with Gasteiger partial charge in [-0.15, -0.1) is 0 Å². The van der Waals surface area contributed by atoms with Gasteiger partial charge in [-0.1, -0.05) is 0 Å². The lowest BCUT2D eigenvalue weighted by Gasteiger charge is -2.43. The lowest BCUT2D eigenvalue weighted by atomic mass is 9.89. The number of nitrogens with two attached hydrogens (primary N) is 1. The Hall–Kier alpha value is -0.810. The fourth-order valence-corrected chi connectivity index (χ4v) is 1.95. The highest BCUT2D eigenvalue weighted by Gasteiger charge is 2.39. The first-order valence-corrected chi connectivity index (χ1v) is 6.05. The van der Waals surface area contributed by atoms with E-state index >= 15 is 0 Å². The van der Waals surface area contributed by atoms with Gasteiger partial charge in [-0.05, 0) is 33.6 Å². The van der Waals surface area contributed by atoms with E-state index in [4.69, 9.17) is 15.2 Å². The fourth-order valence-electron chi connectivity index (χ4n) is 1.95. The lowest BCUT2D eigenvalue weighted by Crippen LogP contribution is -2.58. The lowest BCUT2D eigenvalue weighted by molar-refractivity contribution is -0.0325. The van der Waals surface area contributed by atoms with Crippen LogP contribution < -0.4 is 5.73 Å². The van der Waals surface area contributed by atoms with Gasteiger partial charge < -0.3 is 20.1 Å². The summed E-state index contributed by atoms with van der Waals surface area (Å²) < 4.78 is 10.7. The Labute approximate surface area is 103 Å². The number of rotatable bonds is 2. The minimum Gasteiger partial charge on any atom is -0.444 e. The second-order valence-corrected chi connectivity index (χ2v) is 5.58. The molecule has 0 unspecified atom stereocenters. The van der Waals surface area contributed by atoms with E-state index in [1.54, 1.807) is 11.9 Å². The van der Waals surface area contributed by atoms with Crippen LogP contribution in [0.1, 0.15) is 33.6 Å². The first-order valence-electron chi connectivity index (χ1n) is 6.05. The summed E-state index contributed by atoms with van der Waals surface area (Å²) in [6, 6.07) is 0. The highest BCUT2D eigenvalue weighted by Crippen LogP contribution is 2.27. The fraction of sp³-hybridized carbons (Fsp3) is 0.917. The molecule has 2 N–H and O–H groups in total. The van der Waals surface area contributed by atoms with E-state index < -0.39 is 5.60 Å². The van der Waals surface area contributed by atoms with Crippen LogP contribution in [0.3, 0.4) is 0 Å². The number of hydrogen-bond acceptors (Lipinski definition) is 4. The molecule has 1 fully saturated rings. The van der Waals surface area contributed by atoms with Crippen molar-refractivity contribution in [1.29, 1.82) is 0 Å². The highest BCUT2D eigenvalue weighted by atomic mass is 16.6. The number of carbonyl (C=O) groups is 1. The molecule has 5 heteroatoms. The van der Waals surface area contributed by atoms with Gasteiger partial charge in [-0.3, -0.25) is 0 Å². The van der Waals surface area contributed by atoms with Crippen molar-refractivity contribution in [2.24, 2.45) is 5.73 Å². The largest absolute Gasteiger partial charge is 0.444 e. The molecule has 0 aromatic heterocycles. The van der Waals surface area contributed by atoms with Crippen molar-refractivity contribution in [3.8, 4) is 0 Å².